The summed E-state index contributed by atoms with van der Waals surface area (Å²) in [6.45, 7) is 3.33. The lowest BCUT2D eigenvalue weighted by Crippen LogP contribution is -2.24. The zero-order chi connectivity index (χ0) is 8.27. The second kappa shape index (κ2) is 3.21. The molecule has 4 nitrogen and oxygen atoms in total. The Morgan fingerprint density at radius 3 is 3.09 bits per heavy atom. The molecule has 0 saturated heterocycles. The number of rotatable bonds is 3. The van der Waals surface area contributed by atoms with Crippen LogP contribution in [0, 0.1) is 0 Å². The first-order valence-electron chi connectivity index (χ1n) is 3.31. The van der Waals surface area contributed by atoms with E-state index >= 15 is 0 Å². The van der Waals surface area contributed by atoms with Crippen molar-refractivity contribution in [3.63, 3.8) is 0 Å². The Labute approximate surface area is 64.8 Å². The Kier molecular flexibility index (Phi) is 2.28. The molecule has 11 heavy (non-hydrogen) atoms. The summed E-state index contributed by atoms with van der Waals surface area (Å²) in [4.78, 5) is 6.75. The van der Waals surface area contributed by atoms with E-state index in [1.165, 1.54) is 0 Å². The third-order valence-electron chi connectivity index (χ3n) is 1.41. The van der Waals surface area contributed by atoms with E-state index in [-0.39, 0.29) is 5.76 Å². The van der Waals surface area contributed by atoms with Crippen LogP contribution >= 0.6 is 0 Å². The molecule has 1 aromatic heterocycles. The number of hydrogen-bond acceptors (Lipinski definition) is 3. The standard InChI is InChI=1S/C7H11N3O/c1-5(11)7(8)2-6-3-9-4-10-6/h3-4,7,11H,1-2,8H2,(H,9,10). The number of aliphatic hydroxyl groups is 1. The van der Waals surface area contributed by atoms with Crippen LogP contribution in [0.2, 0.25) is 0 Å². The molecule has 1 heterocycles. The molecule has 0 fully saturated rings. The highest BCUT2D eigenvalue weighted by atomic mass is 16.3. The van der Waals surface area contributed by atoms with Gasteiger partial charge in [-0.05, 0) is 0 Å². The first kappa shape index (κ1) is 7.81. The molecular weight excluding hydrogens is 142 g/mol. The Hall–Kier alpha value is -1.29. The summed E-state index contributed by atoms with van der Waals surface area (Å²) in [7, 11) is 0. The quantitative estimate of drug-likeness (QED) is 0.548. The van der Waals surface area contributed by atoms with Gasteiger partial charge in [-0.2, -0.15) is 0 Å². The van der Waals surface area contributed by atoms with E-state index < -0.39 is 6.04 Å². The number of H-pyrrole nitrogens is 1. The maximum Gasteiger partial charge on any atom is 0.102 e. The zero-order valence-electron chi connectivity index (χ0n) is 6.12. The SMILES string of the molecule is C=C(O)C(N)Cc1c[nH]cn1. The van der Waals surface area contributed by atoms with Gasteiger partial charge in [0.1, 0.15) is 5.76 Å². The molecule has 0 bridgehead atoms. The van der Waals surface area contributed by atoms with Crippen molar-refractivity contribution in [2.45, 2.75) is 12.5 Å². The van der Waals surface area contributed by atoms with Gasteiger partial charge >= 0.3 is 0 Å². The normalized spacial score (nSPS) is 12.8. The molecule has 0 amide bonds. The van der Waals surface area contributed by atoms with Crippen molar-refractivity contribution in [2.24, 2.45) is 5.73 Å². The number of aromatic amines is 1. The van der Waals surface area contributed by atoms with Crippen LogP contribution in [0.15, 0.2) is 24.9 Å². The highest BCUT2D eigenvalue weighted by Crippen LogP contribution is 2.00. The Morgan fingerprint density at radius 2 is 2.64 bits per heavy atom. The van der Waals surface area contributed by atoms with E-state index in [0.29, 0.717) is 6.42 Å². The molecule has 0 spiro atoms. The van der Waals surface area contributed by atoms with Crippen molar-refractivity contribution >= 4 is 0 Å². The van der Waals surface area contributed by atoms with Gasteiger partial charge in [-0.1, -0.05) is 6.58 Å². The Balaban J connectivity index is 2.50. The lowest BCUT2D eigenvalue weighted by Gasteiger charge is -2.06. The van der Waals surface area contributed by atoms with Gasteiger partial charge < -0.3 is 15.8 Å². The van der Waals surface area contributed by atoms with Crippen molar-refractivity contribution in [3.05, 3.63) is 30.6 Å². The number of aromatic nitrogens is 2. The number of imidazole rings is 1. The minimum Gasteiger partial charge on any atom is -0.511 e. The number of nitrogens with zero attached hydrogens (tertiary/aromatic N) is 1. The van der Waals surface area contributed by atoms with Crippen molar-refractivity contribution < 1.29 is 5.11 Å². The monoisotopic (exact) mass is 153 g/mol. The third kappa shape index (κ3) is 2.09. The highest BCUT2D eigenvalue weighted by molar-refractivity contribution is 5.04. The van der Waals surface area contributed by atoms with Gasteiger partial charge in [0.2, 0.25) is 0 Å². The van der Waals surface area contributed by atoms with E-state index in [1.54, 1.807) is 12.5 Å². The zero-order valence-corrected chi connectivity index (χ0v) is 6.12. The van der Waals surface area contributed by atoms with Gasteiger partial charge in [0.05, 0.1) is 18.1 Å². The average Bonchev–Trinajstić information content (AvgIpc) is 2.39. The Bertz CT molecular complexity index is 230. The van der Waals surface area contributed by atoms with Crippen LogP contribution in [0.1, 0.15) is 5.69 Å². The minimum atomic E-state index is -0.418. The van der Waals surface area contributed by atoms with Crippen LogP contribution in [0.4, 0.5) is 0 Å². The Morgan fingerprint density at radius 1 is 1.91 bits per heavy atom. The van der Waals surface area contributed by atoms with Crippen molar-refractivity contribution in [1.29, 1.82) is 0 Å². The van der Waals surface area contributed by atoms with Crippen LogP contribution in [-0.2, 0) is 6.42 Å². The van der Waals surface area contributed by atoms with Crippen molar-refractivity contribution in [3.8, 4) is 0 Å². The molecule has 0 aromatic carbocycles. The number of aliphatic hydroxyl groups excluding tert-OH is 1. The van der Waals surface area contributed by atoms with Gasteiger partial charge in [0.25, 0.3) is 0 Å². The fraction of sp³-hybridized carbons (Fsp3) is 0.286. The fourth-order valence-corrected chi connectivity index (χ4v) is 0.746. The summed E-state index contributed by atoms with van der Waals surface area (Å²) in [6, 6.07) is -0.418. The summed E-state index contributed by atoms with van der Waals surface area (Å²) < 4.78 is 0. The topological polar surface area (TPSA) is 74.9 Å². The van der Waals surface area contributed by atoms with Gasteiger partial charge in [-0.3, -0.25) is 0 Å². The highest BCUT2D eigenvalue weighted by Gasteiger charge is 2.07. The first-order valence-corrected chi connectivity index (χ1v) is 3.31. The second-order valence-corrected chi connectivity index (χ2v) is 2.36. The second-order valence-electron chi connectivity index (χ2n) is 2.36. The van der Waals surface area contributed by atoms with Crippen LogP contribution < -0.4 is 5.73 Å². The van der Waals surface area contributed by atoms with E-state index in [4.69, 9.17) is 10.8 Å². The molecular formula is C7H11N3O. The maximum atomic E-state index is 8.86. The maximum absolute atomic E-state index is 8.86. The van der Waals surface area contributed by atoms with E-state index in [0.717, 1.165) is 5.69 Å². The fourth-order valence-electron chi connectivity index (χ4n) is 0.746. The molecule has 1 unspecified atom stereocenters. The number of nitrogens with one attached hydrogen (secondary N) is 1. The molecule has 0 saturated carbocycles. The lowest BCUT2D eigenvalue weighted by atomic mass is 10.1. The molecule has 0 aliphatic rings. The average molecular weight is 153 g/mol. The lowest BCUT2D eigenvalue weighted by molar-refractivity contribution is 0.368. The molecule has 60 valence electrons. The summed E-state index contributed by atoms with van der Waals surface area (Å²) in [5, 5.41) is 8.86. The third-order valence-corrected chi connectivity index (χ3v) is 1.41. The summed E-state index contributed by atoms with van der Waals surface area (Å²) in [5.74, 6) is -0.00648. The van der Waals surface area contributed by atoms with Crippen molar-refractivity contribution in [2.75, 3.05) is 0 Å². The summed E-state index contributed by atoms with van der Waals surface area (Å²) in [6.07, 6.45) is 3.82. The largest absolute Gasteiger partial charge is 0.511 e. The van der Waals surface area contributed by atoms with Crippen LogP contribution in [0.5, 0.6) is 0 Å². The summed E-state index contributed by atoms with van der Waals surface area (Å²) >= 11 is 0. The number of nitrogens with two attached hydrogens (primary N) is 1. The molecule has 4 heteroatoms. The molecule has 0 radical (unpaired) electrons. The van der Waals surface area contributed by atoms with Crippen LogP contribution in [-0.4, -0.2) is 21.1 Å². The van der Waals surface area contributed by atoms with Crippen molar-refractivity contribution in [1.82, 2.24) is 9.97 Å². The number of hydrogen-bond donors (Lipinski definition) is 3. The van der Waals surface area contributed by atoms with E-state index in [9.17, 15) is 0 Å². The molecule has 0 aliphatic heterocycles. The molecule has 4 N–H and O–H groups in total. The van der Waals surface area contributed by atoms with Gasteiger partial charge in [0.15, 0.2) is 0 Å². The molecule has 1 aromatic rings. The van der Waals surface area contributed by atoms with Crippen LogP contribution in [0.25, 0.3) is 0 Å². The van der Waals surface area contributed by atoms with Gasteiger partial charge in [-0.25, -0.2) is 4.98 Å². The van der Waals surface area contributed by atoms with Crippen LogP contribution in [0.3, 0.4) is 0 Å². The van der Waals surface area contributed by atoms with E-state index in [1.807, 2.05) is 0 Å². The van der Waals surface area contributed by atoms with Gasteiger partial charge in [-0.15, -0.1) is 0 Å². The predicted molar refractivity (Wildman–Crippen MR) is 42.0 cm³/mol. The van der Waals surface area contributed by atoms with Gasteiger partial charge in [0, 0.05) is 12.6 Å². The minimum absolute atomic E-state index is 0.00648. The smallest absolute Gasteiger partial charge is 0.102 e. The predicted octanol–water partition coefficient (Wildman–Crippen LogP) is 0.351. The van der Waals surface area contributed by atoms with E-state index in [2.05, 4.69) is 16.5 Å². The molecule has 0 aliphatic carbocycles. The molecule has 1 atom stereocenters. The first-order chi connectivity index (χ1) is 5.20. The summed E-state index contributed by atoms with van der Waals surface area (Å²) in [5.41, 5.74) is 6.33. The molecule has 1 rings (SSSR count).